The fourth-order valence-corrected chi connectivity index (χ4v) is 2.59. The molecule has 0 spiro atoms. The minimum absolute atomic E-state index is 0.146. The summed E-state index contributed by atoms with van der Waals surface area (Å²) >= 11 is 0. The Kier molecular flexibility index (Phi) is 4.12. The van der Waals surface area contributed by atoms with Crippen LogP contribution in [0.4, 0.5) is 4.39 Å². The third kappa shape index (κ3) is 3.03. The van der Waals surface area contributed by atoms with Gasteiger partial charge >= 0.3 is 5.97 Å². The highest BCUT2D eigenvalue weighted by Crippen LogP contribution is 2.24. The lowest BCUT2D eigenvalue weighted by Crippen LogP contribution is -2.07. The van der Waals surface area contributed by atoms with Crippen LogP contribution in [0.25, 0.3) is 11.3 Å². The highest BCUT2D eigenvalue weighted by atomic mass is 19.1. The number of carboxylic acid groups (broad SMARTS) is 1. The first-order valence-electron chi connectivity index (χ1n) is 7.44. The van der Waals surface area contributed by atoms with Crippen LogP contribution in [-0.4, -0.2) is 26.1 Å². The normalized spacial score (nSPS) is 10.8. The third-order valence-corrected chi connectivity index (χ3v) is 3.88. The van der Waals surface area contributed by atoms with Crippen molar-refractivity contribution in [2.24, 2.45) is 0 Å². The Hall–Kier alpha value is -3.02. The Morgan fingerprint density at radius 1 is 1.17 bits per heavy atom. The molecule has 0 unspecified atom stereocenters. The maximum atomic E-state index is 13.2. The van der Waals surface area contributed by atoms with E-state index in [2.05, 4.69) is 10.3 Å². The van der Waals surface area contributed by atoms with E-state index in [1.807, 2.05) is 32.0 Å². The first-order chi connectivity index (χ1) is 11.5. The van der Waals surface area contributed by atoms with Crippen LogP contribution in [0.15, 0.2) is 42.5 Å². The second-order valence-corrected chi connectivity index (χ2v) is 5.69. The number of aromatic nitrogens is 3. The van der Waals surface area contributed by atoms with Crippen molar-refractivity contribution in [3.8, 4) is 11.3 Å². The van der Waals surface area contributed by atoms with Gasteiger partial charge in [-0.1, -0.05) is 29.0 Å². The molecule has 2 aromatic carbocycles. The Morgan fingerprint density at radius 2 is 1.88 bits per heavy atom. The third-order valence-electron chi connectivity index (χ3n) is 3.88. The maximum absolute atomic E-state index is 13.2. The van der Waals surface area contributed by atoms with Gasteiger partial charge in [-0.3, -0.25) is 0 Å². The lowest BCUT2D eigenvalue weighted by atomic mass is 10.0. The predicted octanol–water partition coefficient (Wildman–Crippen LogP) is 3.45. The van der Waals surface area contributed by atoms with Crippen LogP contribution in [0.1, 0.15) is 27.2 Å². The van der Waals surface area contributed by atoms with Gasteiger partial charge in [-0.05, 0) is 49.2 Å². The largest absolute Gasteiger partial charge is 0.476 e. The SMILES string of the molecule is Cc1ccc(C)c(Cn2nnc(C(=O)O)c2-c2ccc(F)cc2)c1. The van der Waals surface area contributed by atoms with E-state index in [0.717, 1.165) is 16.7 Å². The predicted molar refractivity (Wildman–Crippen MR) is 87.4 cm³/mol. The molecule has 0 atom stereocenters. The monoisotopic (exact) mass is 325 g/mol. The summed E-state index contributed by atoms with van der Waals surface area (Å²) in [5.41, 5.74) is 4.00. The summed E-state index contributed by atoms with van der Waals surface area (Å²) in [6.07, 6.45) is 0. The number of hydrogen-bond acceptors (Lipinski definition) is 3. The molecule has 1 N–H and O–H groups in total. The lowest BCUT2D eigenvalue weighted by Gasteiger charge is -2.10. The molecule has 122 valence electrons. The summed E-state index contributed by atoms with van der Waals surface area (Å²) in [7, 11) is 0. The van der Waals surface area contributed by atoms with Crippen LogP contribution in [0.5, 0.6) is 0 Å². The van der Waals surface area contributed by atoms with Gasteiger partial charge in [-0.25, -0.2) is 13.9 Å². The molecule has 5 nitrogen and oxygen atoms in total. The number of carboxylic acids is 1. The number of benzene rings is 2. The van der Waals surface area contributed by atoms with Crippen molar-refractivity contribution in [3.63, 3.8) is 0 Å². The lowest BCUT2D eigenvalue weighted by molar-refractivity contribution is 0.0691. The molecule has 0 bridgehead atoms. The molecular formula is C18H16FN3O2. The van der Waals surface area contributed by atoms with E-state index in [0.29, 0.717) is 17.8 Å². The Labute approximate surface area is 138 Å². The summed E-state index contributed by atoms with van der Waals surface area (Å²) < 4.78 is 14.7. The molecule has 0 saturated heterocycles. The summed E-state index contributed by atoms with van der Waals surface area (Å²) in [6.45, 7) is 4.37. The number of rotatable bonds is 4. The molecule has 0 amide bonds. The molecule has 0 saturated carbocycles. The molecule has 0 aliphatic carbocycles. The van der Waals surface area contributed by atoms with Crippen LogP contribution in [0.3, 0.4) is 0 Å². The van der Waals surface area contributed by atoms with Crippen LogP contribution in [-0.2, 0) is 6.54 Å². The van der Waals surface area contributed by atoms with Gasteiger partial charge < -0.3 is 5.11 Å². The fourth-order valence-electron chi connectivity index (χ4n) is 2.59. The zero-order valence-corrected chi connectivity index (χ0v) is 13.3. The van der Waals surface area contributed by atoms with E-state index in [-0.39, 0.29) is 11.5 Å². The van der Waals surface area contributed by atoms with Gasteiger partial charge in [0.25, 0.3) is 0 Å². The number of carbonyl (C=O) groups is 1. The van der Waals surface area contributed by atoms with Crippen LogP contribution < -0.4 is 0 Å². The van der Waals surface area contributed by atoms with Gasteiger partial charge in [0.2, 0.25) is 0 Å². The standard InChI is InChI=1S/C18H16FN3O2/c1-11-3-4-12(2)14(9-11)10-22-17(16(18(23)24)20-21-22)13-5-7-15(19)8-6-13/h3-9H,10H2,1-2H3,(H,23,24). The van der Waals surface area contributed by atoms with Crippen molar-refractivity contribution >= 4 is 5.97 Å². The average molecular weight is 325 g/mol. The summed E-state index contributed by atoms with van der Waals surface area (Å²) in [4.78, 5) is 11.5. The van der Waals surface area contributed by atoms with E-state index in [1.54, 1.807) is 4.68 Å². The van der Waals surface area contributed by atoms with E-state index in [4.69, 9.17) is 0 Å². The van der Waals surface area contributed by atoms with E-state index < -0.39 is 5.97 Å². The number of halogens is 1. The smallest absolute Gasteiger partial charge is 0.358 e. The quantitative estimate of drug-likeness (QED) is 0.798. The highest BCUT2D eigenvalue weighted by Gasteiger charge is 2.21. The van der Waals surface area contributed by atoms with Crippen LogP contribution >= 0.6 is 0 Å². The molecule has 0 aliphatic heterocycles. The minimum Gasteiger partial charge on any atom is -0.476 e. The van der Waals surface area contributed by atoms with Crippen molar-refractivity contribution in [2.75, 3.05) is 0 Å². The maximum Gasteiger partial charge on any atom is 0.358 e. The van der Waals surface area contributed by atoms with E-state index in [1.165, 1.54) is 24.3 Å². The number of nitrogens with zero attached hydrogens (tertiary/aromatic N) is 3. The molecule has 24 heavy (non-hydrogen) atoms. The van der Waals surface area contributed by atoms with Gasteiger partial charge in [0.1, 0.15) is 11.5 Å². The van der Waals surface area contributed by atoms with Gasteiger partial charge in [0.05, 0.1) is 6.54 Å². The first-order valence-corrected chi connectivity index (χ1v) is 7.44. The second-order valence-electron chi connectivity index (χ2n) is 5.69. The topological polar surface area (TPSA) is 68.0 Å². The Bertz CT molecular complexity index is 901. The molecule has 3 rings (SSSR count). The number of aryl methyl sites for hydroxylation is 2. The van der Waals surface area contributed by atoms with Crippen LogP contribution in [0, 0.1) is 19.7 Å². The van der Waals surface area contributed by atoms with Crippen molar-refractivity contribution in [2.45, 2.75) is 20.4 Å². The van der Waals surface area contributed by atoms with Crippen LogP contribution in [0.2, 0.25) is 0 Å². The number of aromatic carboxylic acids is 1. The van der Waals surface area contributed by atoms with Crippen molar-refractivity contribution < 1.29 is 14.3 Å². The Balaban J connectivity index is 2.10. The number of hydrogen-bond donors (Lipinski definition) is 1. The van der Waals surface area contributed by atoms with E-state index in [9.17, 15) is 14.3 Å². The van der Waals surface area contributed by atoms with Crippen molar-refractivity contribution in [3.05, 3.63) is 70.7 Å². The first kappa shape index (κ1) is 15.9. The second kappa shape index (κ2) is 6.23. The van der Waals surface area contributed by atoms with Crippen molar-refractivity contribution in [1.29, 1.82) is 0 Å². The van der Waals surface area contributed by atoms with Gasteiger partial charge in [0, 0.05) is 5.56 Å². The zero-order valence-electron chi connectivity index (χ0n) is 13.3. The summed E-state index contributed by atoms with van der Waals surface area (Å²) in [5, 5.41) is 17.1. The molecule has 0 fully saturated rings. The molecule has 1 heterocycles. The zero-order chi connectivity index (χ0) is 17.3. The van der Waals surface area contributed by atoms with Gasteiger partial charge in [-0.2, -0.15) is 0 Å². The van der Waals surface area contributed by atoms with Crippen molar-refractivity contribution in [1.82, 2.24) is 15.0 Å². The van der Waals surface area contributed by atoms with Gasteiger partial charge in [-0.15, -0.1) is 5.10 Å². The molecular weight excluding hydrogens is 309 g/mol. The molecule has 0 aliphatic rings. The summed E-state index contributed by atoms with van der Waals surface area (Å²) in [6, 6.07) is 11.7. The van der Waals surface area contributed by atoms with Gasteiger partial charge in [0.15, 0.2) is 5.69 Å². The molecule has 3 aromatic rings. The fraction of sp³-hybridized carbons (Fsp3) is 0.167. The van der Waals surface area contributed by atoms with E-state index >= 15 is 0 Å². The molecule has 6 heteroatoms. The highest BCUT2D eigenvalue weighted by molar-refractivity contribution is 5.92. The molecule has 1 aromatic heterocycles. The molecule has 0 radical (unpaired) electrons. The Morgan fingerprint density at radius 3 is 2.54 bits per heavy atom. The average Bonchev–Trinajstić information content (AvgIpc) is 2.95. The minimum atomic E-state index is -1.17. The summed E-state index contributed by atoms with van der Waals surface area (Å²) in [5.74, 6) is -1.55.